The first kappa shape index (κ1) is 20.6. The van der Waals surface area contributed by atoms with Gasteiger partial charge in [-0.15, -0.1) is 0 Å². The molecule has 1 unspecified atom stereocenters. The van der Waals surface area contributed by atoms with Crippen LogP contribution in [0.3, 0.4) is 0 Å². The molecule has 1 amide bonds. The summed E-state index contributed by atoms with van der Waals surface area (Å²) in [6.45, 7) is 8.14. The molecular weight excluding hydrogens is 351 g/mol. The molecule has 0 spiro atoms. The van der Waals surface area contributed by atoms with Gasteiger partial charge >= 0.3 is 21.7 Å². The quantitative estimate of drug-likeness (QED) is 0.560. The third-order valence-electron chi connectivity index (χ3n) is 3.55. The minimum Gasteiger partial charge on any atom is -0.444 e. The third-order valence-corrected chi connectivity index (χ3v) is 4.51. The van der Waals surface area contributed by atoms with Crippen molar-refractivity contribution in [1.29, 1.82) is 0 Å². The molecule has 0 aromatic heterocycles. The fourth-order valence-corrected chi connectivity index (χ4v) is 2.65. The summed E-state index contributed by atoms with van der Waals surface area (Å²) in [7, 11) is -5.75. The number of nitrogens with zero attached hydrogens (tertiary/aromatic N) is 1. The molecule has 0 aromatic carbocycles. The maximum atomic E-state index is 12.5. The van der Waals surface area contributed by atoms with Crippen LogP contribution in [-0.4, -0.2) is 43.6 Å². The van der Waals surface area contributed by atoms with Crippen LogP contribution in [0.1, 0.15) is 41.0 Å². The van der Waals surface area contributed by atoms with Crippen molar-refractivity contribution >= 4 is 16.2 Å². The van der Waals surface area contributed by atoms with E-state index in [1.54, 1.807) is 27.7 Å². The highest BCUT2D eigenvalue weighted by Gasteiger charge is 2.51. The van der Waals surface area contributed by atoms with Crippen molar-refractivity contribution in [2.24, 2.45) is 5.41 Å². The Morgan fingerprint density at radius 3 is 2.29 bits per heavy atom. The second-order valence-corrected chi connectivity index (χ2v) is 8.36. The molecule has 1 rings (SSSR count). The SMILES string of the molecule is CCC1(C)CN(C(=O)OC(C)(C)C)CC=C1OS(=O)(=O)C(F)(F)F. The van der Waals surface area contributed by atoms with Gasteiger partial charge in [0.05, 0.1) is 0 Å². The Balaban J connectivity index is 3.03. The number of hydrogen-bond donors (Lipinski definition) is 0. The van der Waals surface area contributed by atoms with Gasteiger partial charge in [-0.1, -0.05) is 13.8 Å². The summed E-state index contributed by atoms with van der Waals surface area (Å²) in [6, 6.07) is 0. The van der Waals surface area contributed by atoms with Gasteiger partial charge < -0.3 is 13.8 Å². The predicted molar refractivity (Wildman–Crippen MR) is 80.3 cm³/mol. The van der Waals surface area contributed by atoms with Crippen molar-refractivity contribution in [3.05, 3.63) is 11.8 Å². The molecule has 1 aliphatic rings. The zero-order valence-electron chi connectivity index (χ0n) is 14.2. The number of ether oxygens (including phenoxy) is 1. The Hall–Kier alpha value is -1.45. The molecule has 140 valence electrons. The first-order valence-electron chi connectivity index (χ1n) is 7.30. The highest BCUT2D eigenvalue weighted by Crippen LogP contribution is 2.39. The van der Waals surface area contributed by atoms with Gasteiger partial charge in [0.15, 0.2) is 0 Å². The maximum absolute atomic E-state index is 12.5. The smallest absolute Gasteiger partial charge is 0.444 e. The summed E-state index contributed by atoms with van der Waals surface area (Å²) in [5.74, 6) is -0.317. The van der Waals surface area contributed by atoms with E-state index in [9.17, 15) is 26.4 Å². The molecule has 0 aromatic rings. The van der Waals surface area contributed by atoms with E-state index in [1.807, 2.05) is 0 Å². The lowest BCUT2D eigenvalue weighted by atomic mass is 9.82. The van der Waals surface area contributed by atoms with E-state index in [2.05, 4.69) is 4.18 Å². The van der Waals surface area contributed by atoms with Crippen molar-refractivity contribution in [3.63, 3.8) is 0 Å². The van der Waals surface area contributed by atoms with Gasteiger partial charge in [-0.05, 0) is 33.3 Å². The molecule has 6 nitrogen and oxygen atoms in total. The van der Waals surface area contributed by atoms with Crippen molar-refractivity contribution in [2.75, 3.05) is 13.1 Å². The van der Waals surface area contributed by atoms with E-state index >= 15 is 0 Å². The molecule has 0 fully saturated rings. The Kier molecular flexibility index (Phi) is 5.54. The van der Waals surface area contributed by atoms with Crippen LogP contribution in [0.25, 0.3) is 0 Å². The Morgan fingerprint density at radius 1 is 1.33 bits per heavy atom. The number of rotatable bonds is 3. The molecular formula is C14H22F3NO5S. The molecule has 0 radical (unpaired) electrons. The Labute approximate surface area is 139 Å². The lowest BCUT2D eigenvalue weighted by molar-refractivity contribution is -0.0540. The summed E-state index contributed by atoms with van der Waals surface area (Å²) in [6.07, 6.45) is 0.808. The standard InChI is InChI=1S/C14H22F3NO5S/c1-6-13(5)9-18(11(19)22-12(2,3)4)8-7-10(13)23-24(20,21)14(15,16)17/h7H,6,8-9H2,1-5H3. The van der Waals surface area contributed by atoms with Crippen LogP contribution in [0.15, 0.2) is 11.8 Å². The van der Waals surface area contributed by atoms with Gasteiger partial charge in [0, 0.05) is 18.5 Å². The lowest BCUT2D eigenvalue weighted by Crippen LogP contribution is -2.47. The third kappa shape index (κ3) is 4.78. The molecule has 0 aliphatic carbocycles. The van der Waals surface area contributed by atoms with Crippen molar-refractivity contribution in [1.82, 2.24) is 4.90 Å². The van der Waals surface area contributed by atoms with Crippen molar-refractivity contribution in [3.8, 4) is 0 Å². The number of amides is 1. The average Bonchev–Trinajstić information content (AvgIpc) is 2.37. The average molecular weight is 373 g/mol. The van der Waals surface area contributed by atoms with Crippen LogP contribution >= 0.6 is 0 Å². The van der Waals surface area contributed by atoms with Gasteiger partial charge in [0.2, 0.25) is 0 Å². The fraction of sp³-hybridized carbons (Fsp3) is 0.786. The number of carbonyl (C=O) groups excluding carboxylic acids is 1. The number of carbonyl (C=O) groups is 1. The van der Waals surface area contributed by atoms with Crippen LogP contribution in [-0.2, 0) is 19.0 Å². The summed E-state index contributed by atoms with van der Waals surface area (Å²) < 4.78 is 69.5. The van der Waals surface area contributed by atoms with Gasteiger partial charge in [-0.2, -0.15) is 21.6 Å². The van der Waals surface area contributed by atoms with Crippen LogP contribution in [0.2, 0.25) is 0 Å². The molecule has 1 atom stereocenters. The summed E-state index contributed by atoms with van der Waals surface area (Å²) in [5.41, 5.74) is -7.31. The van der Waals surface area contributed by atoms with E-state index in [0.717, 1.165) is 0 Å². The van der Waals surface area contributed by atoms with Crippen LogP contribution in [0.5, 0.6) is 0 Å². The van der Waals surface area contributed by atoms with Crippen molar-refractivity contribution in [2.45, 2.75) is 52.1 Å². The van der Waals surface area contributed by atoms with Gasteiger partial charge in [0.1, 0.15) is 11.4 Å². The van der Waals surface area contributed by atoms with Gasteiger partial charge in [0.25, 0.3) is 0 Å². The first-order valence-corrected chi connectivity index (χ1v) is 8.71. The van der Waals surface area contributed by atoms with E-state index in [4.69, 9.17) is 4.74 Å². The molecule has 0 bridgehead atoms. The second kappa shape index (κ2) is 6.45. The minimum atomic E-state index is -5.75. The van der Waals surface area contributed by atoms with Crippen LogP contribution in [0, 0.1) is 5.41 Å². The maximum Gasteiger partial charge on any atom is 0.534 e. The van der Waals surface area contributed by atoms with Crippen LogP contribution < -0.4 is 0 Å². The van der Waals surface area contributed by atoms with E-state index in [-0.39, 0.29) is 25.3 Å². The molecule has 24 heavy (non-hydrogen) atoms. The molecule has 0 saturated heterocycles. The van der Waals surface area contributed by atoms with Crippen molar-refractivity contribution < 1.29 is 35.3 Å². The fourth-order valence-electron chi connectivity index (χ4n) is 2.05. The topological polar surface area (TPSA) is 72.9 Å². The Bertz CT molecular complexity index is 621. The van der Waals surface area contributed by atoms with E-state index in [0.29, 0.717) is 0 Å². The molecule has 1 heterocycles. The van der Waals surface area contributed by atoms with Crippen LogP contribution in [0.4, 0.5) is 18.0 Å². The van der Waals surface area contributed by atoms with Gasteiger partial charge in [-0.3, -0.25) is 0 Å². The van der Waals surface area contributed by atoms with E-state index in [1.165, 1.54) is 17.9 Å². The van der Waals surface area contributed by atoms with Gasteiger partial charge in [-0.25, -0.2) is 4.79 Å². The molecule has 0 saturated carbocycles. The highest BCUT2D eigenvalue weighted by atomic mass is 32.2. The Morgan fingerprint density at radius 2 is 1.88 bits per heavy atom. The molecule has 10 heteroatoms. The number of hydrogen-bond acceptors (Lipinski definition) is 5. The largest absolute Gasteiger partial charge is 0.534 e. The number of alkyl halides is 3. The normalized spacial score (nSPS) is 22.8. The predicted octanol–water partition coefficient (Wildman–Crippen LogP) is 3.40. The lowest BCUT2D eigenvalue weighted by Gasteiger charge is -2.39. The zero-order chi connectivity index (χ0) is 19.0. The second-order valence-electron chi connectivity index (χ2n) is 6.83. The zero-order valence-corrected chi connectivity index (χ0v) is 15.0. The monoisotopic (exact) mass is 373 g/mol. The summed E-state index contributed by atoms with van der Waals surface area (Å²) >= 11 is 0. The molecule has 1 aliphatic heterocycles. The molecule has 0 N–H and O–H groups in total. The highest BCUT2D eigenvalue weighted by molar-refractivity contribution is 7.87. The van der Waals surface area contributed by atoms with E-state index < -0.39 is 32.7 Å². The summed E-state index contributed by atoms with van der Waals surface area (Å²) in [4.78, 5) is 13.4. The summed E-state index contributed by atoms with van der Waals surface area (Å²) in [5, 5.41) is 0. The minimum absolute atomic E-state index is 0.0162. The number of halogens is 3. The first-order chi connectivity index (χ1) is 10.6.